The number of nitrogens with one attached hydrogen (secondary N) is 1. The topological polar surface area (TPSA) is 169 Å². The number of hydrogen-bond donors (Lipinski definition) is 4. The summed E-state index contributed by atoms with van der Waals surface area (Å²) in [6, 6.07) is -1.55. The van der Waals surface area contributed by atoms with E-state index in [1.54, 1.807) is 0 Å². The Bertz CT molecular complexity index is 1030. The molecule has 1 amide bonds. The average Bonchev–Trinajstić information content (AvgIpc) is 3.11. The molecule has 0 fully saturated rings. The van der Waals surface area contributed by atoms with Crippen molar-refractivity contribution in [2.45, 2.75) is 180 Å². The highest BCUT2D eigenvalue weighted by molar-refractivity contribution is 7.47. The van der Waals surface area contributed by atoms with E-state index in [0.29, 0.717) is 12.8 Å². The molecule has 0 aliphatic rings. The molecule has 0 aromatic rings. The first-order chi connectivity index (χ1) is 25.1. The molecule has 3 atom stereocenters. The van der Waals surface area contributed by atoms with Crippen molar-refractivity contribution in [3.63, 3.8) is 0 Å². The number of ether oxygens (including phenoxy) is 1. The minimum atomic E-state index is -4.75. The Morgan fingerprint density at radius 2 is 1.08 bits per heavy atom. The molecule has 0 rings (SSSR count). The molecular weight excluding hydrogens is 685 g/mol. The maximum atomic E-state index is 12.3. The zero-order valence-electron chi connectivity index (χ0n) is 32.4. The molecule has 12 heteroatoms. The number of aliphatic carboxylic acids is 1. The standard InChI is InChI=1S/C40H72NO10P/c1-3-5-7-9-11-13-15-16-17-18-19-20-22-23-25-27-29-31-38(43)41-37(40(45)46)35-51-52(47,48)50-34-36(42)33-49-39(44)32-30-28-26-24-21-14-12-10-8-6-4-2/h10-13,16-17,36-37,42H,3-9,14-15,18-35H2,1-2H3,(H,41,43)(H,45,46)(H,47,48)/b12-10-,13-11-,17-16-. The number of carbonyl (C=O) groups is 3. The fraction of sp³-hybridized carbons (Fsp3) is 0.775. The van der Waals surface area contributed by atoms with Crippen molar-refractivity contribution in [2.75, 3.05) is 19.8 Å². The number of phosphoric acid groups is 1. The van der Waals surface area contributed by atoms with Crippen molar-refractivity contribution >= 4 is 25.7 Å². The Hall–Kier alpha value is -2.30. The second kappa shape index (κ2) is 35.7. The van der Waals surface area contributed by atoms with Gasteiger partial charge in [-0.1, -0.05) is 127 Å². The number of phosphoric ester groups is 1. The van der Waals surface area contributed by atoms with E-state index < -0.39 is 57.6 Å². The number of allylic oxidation sites excluding steroid dienone is 6. The van der Waals surface area contributed by atoms with Crippen LogP contribution >= 0.6 is 7.82 Å². The van der Waals surface area contributed by atoms with Crippen LogP contribution < -0.4 is 5.32 Å². The lowest BCUT2D eigenvalue weighted by molar-refractivity contribution is -0.147. The summed E-state index contributed by atoms with van der Waals surface area (Å²) in [4.78, 5) is 45.7. The number of hydrogen-bond acceptors (Lipinski definition) is 8. The highest BCUT2D eigenvalue weighted by atomic mass is 31.2. The summed E-state index contributed by atoms with van der Waals surface area (Å²) < 4.78 is 26.7. The van der Waals surface area contributed by atoms with Crippen LogP contribution in [0.4, 0.5) is 0 Å². The Balaban J connectivity index is 3.97. The number of unbranched alkanes of at least 4 members (excludes halogenated alkanes) is 17. The third-order valence-corrected chi connectivity index (χ3v) is 9.35. The molecule has 0 aromatic carbocycles. The molecule has 0 aliphatic carbocycles. The van der Waals surface area contributed by atoms with E-state index in [0.717, 1.165) is 83.5 Å². The van der Waals surface area contributed by atoms with Crippen molar-refractivity contribution in [1.29, 1.82) is 0 Å². The fourth-order valence-corrected chi connectivity index (χ4v) is 5.98. The van der Waals surface area contributed by atoms with Crippen molar-refractivity contribution in [2.24, 2.45) is 0 Å². The van der Waals surface area contributed by atoms with Crippen LogP contribution in [0.5, 0.6) is 0 Å². The van der Waals surface area contributed by atoms with Crippen LogP contribution in [0.1, 0.15) is 168 Å². The van der Waals surface area contributed by atoms with Gasteiger partial charge in [-0.3, -0.25) is 18.6 Å². The third-order valence-electron chi connectivity index (χ3n) is 8.40. The molecule has 302 valence electrons. The molecule has 0 saturated carbocycles. The van der Waals surface area contributed by atoms with Crippen molar-refractivity contribution in [3.05, 3.63) is 36.5 Å². The van der Waals surface area contributed by atoms with E-state index in [9.17, 15) is 34.1 Å². The molecule has 3 unspecified atom stereocenters. The molecule has 0 aromatic heterocycles. The van der Waals surface area contributed by atoms with Crippen LogP contribution in [-0.4, -0.2) is 64.9 Å². The first-order valence-electron chi connectivity index (χ1n) is 20.0. The van der Waals surface area contributed by atoms with Gasteiger partial charge in [0.25, 0.3) is 0 Å². The van der Waals surface area contributed by atoms with Crippen LogP contribution in [0.25, 0.3) is 0 Å². The van der Waals surface area contributed by atoms with E-state index in [4.69, 9.17) is 13.8 Å². The number of rotatable bonds is 37. The van der Waals surface area contributed by atoms with E-state index in [2.05, 4.69) is 55.6 Å². The number of carboxylic acid groups (broad SMARTS) is 1. The largest absolute Gasteiger partial charge is 0.480 e. The maximum Gasteiger partial charge on any atom is 0.472 e. The van der Waals surface area contributed by atoms with Gasteiger partial charge in [0, 0.05) is 12.8 Å². The normalized spacial score (nSPS) is 14.2. The number of esters is 1. The molecule has 11 nitrogen and oxygen atoms in total. The van der Waals surface area contributed by atoms with E-state index in [1.165, 1.54) is 44.9 Å². The van der Waals surface area contributed by atoms with Crippen LogP contribution in [0.3, 0.4) is 0 Å². The van der Waals surface area contributed by atoms with Gasteiger partial charge < -0.3 is 25.2 Å². The van der Waals surface area contributed by atoms with Gasteiger partial charge in [-0.25, -0.2) is 9.36 Å². The first kappa shape index (κ1) is 49.7. The predicted octanol–water partition coefficient (Wildman–Crippen LogP) is 9.66. The van der Waals surface area contributed by atoms with Gasteiger partial charge in [0.2, 0.25) is 5.91 Å². The summed E-state index contributed by atoms with van der Waals surface area (Å²) in [7, 11) is -4.75. The number of carboxylic acids is 1. The lowest BCUT2D eigenvalue weighted by atomic mass is 10.1. The number of aliphatic hydroxyl groups excluding tert-OH is 1. The van der Waals surface area contributed by atoms with Gasteiger partial charge in [0.1, 0.15) is 12.7 Å². The van der Waals surface area contributed by atoms with Gasteiger partial charge in [0.05, 0.1) is 13.2 Å². The minimum Gasteiger partial charge on any atom is -0.480 e. The van der Waals surface area contributed by atoms with E-state index in [-0.39, 0.29) is 12.8 Å². The second-order valence-corrected chi connectivity index (χ2v) is 14.9. The number of carbonyl (C=O) groups excluding carboxylic acids is 2. The predicted molar refractivity (Wildman–Crippen MR) is 208 cm³/mol. The molecule has 0 aliphatic heterocycles. The quantitative estimate of drug-likeness (QED) is 0.0207. The Kier molecular flexibility index (Phi) is 34.1. The first-order valence-corrected chi connectivity index (χ1v) is 21.5. The SMILES string of the molecule is CCCC/C=C\CCCCCCCC(=O)OCC(O)COP(=O)(O)OCC(NC(=O)CCCCCCCCC/C=C\C/C=C\CCCCC)C(=O)O. The molecule has 52 heavy (non-hydrogen) atoms. The molecular formula is C40H72NO10P. The smallest absolute Gasteiger partial charge is 0.472 e. The molecule has 4 N–H and O–H groups in total. The second-order valence-electron chi connectivity index (χ2n) is 13.5. The third kappa shape index (κ3) is 34.8. The lowest BCUT2D eigenvalue weighted by Gasteiger charge is -2.18. The number of aliphatic hydroxyl groups is 1. The van der Waals surface area contributed by atoms with Crippen molar-refractivity contribution in [3.8, 4) is 0 Å². The van der Waals surface area contributed by atoms with E-state index in [1.807, 2.05) is 0 Å². The van der Waals surface area contributed by atoms with Gasteiger partial charge in [-0.05, 0) is 64.2 Å². The van der Waals surface area contributed by atoms with Crippen LogP contribution in [-0.2, 0) is 32.7 Å². The summed E-state index contributed by atoms with van der Waals surface area (Å²) in [5.74, 6) is -2.40. The zero-order chi connectivity index (χ0) is 38.5. The van der Waals surface area contributed by atoms with Gasteiger partial charge in [-0.15, -0.1) is 0 Å². The van der Waals surface area contributed by atoms with Gasteiger partial charge in [0.15, 0.2) is 6.04 Å². The summed E-state index contributed by atoms with van der Waals surface area (Å²) in [5, 5.41) is 21.7. The fourth-order valence-electron chi connectivity index (χ4n) is 5.21. The highest BCUT2D eigenvalue weighted by Crippen LogP contribution is 2.43. The Labute approximate surface area is 314 Å². The monoisotopic (exact) mass is 757 g/mol. The van der Waals surface area contributed by atoms with Gasteiger partial charge >= 0.3 is 19.8 Å². The summed E-state index contributed by atoms with van der Waals surface area (Å²) >= 11 is 0. The Morgan fingerprint density at radius 3 is 1.63 bits per heavy atom. The maximum absolute atomic E-state index is 12.3. The zero-order valence-corrected chi connectivity index (χ0v) is 33.3. The molecule has 0 heterocycles. The molecule has 0 spiro atoms. The molecule has 0 bridgehead atoms. The van der Waals surface area contributed by atoms with E-state index >= 15 is 0 Å². The van der Waals surface area contributed by atoms with Crippen molar-refractivity contribution in [1.82, 2.24) is 5.32 Å². The van der Waals surface area contributed by atoms with Crippen molar-refractivity contribution < 1.29 is 47.8 Å². The summed E-state index contributed by atoms with van der Waals surface area (Å²) in [6.07, 6.45) is 36.0. The highest BCUT2D eigenvalue weighted by Gasteiger charge is 2.28. The van der Waals surface area contributed by atoms with Crippen LogP contribution in [0.2, 0.25) is 0 Å². The Morgan fingerprint density at radius 1 is 0.615 bits per heavy atom. The molecule has 0 saturated heterocycles. The summed E-state index contributed by atoms with van der Waals surface area (Å²) in [6.45, 7) is 2.49. The minimum absolute atomic E-state index is 0.136. The van der Waals surface area contributed by atoms with Crippen LogP contribution in [0, 0.1) is 0 Å². The average molecular weight is 758 g/mol. The van der Waals surface area contributed by atoms with Crippen LogP contribution in [0.15, 0.2) is 36.5 Å². The molecule has 0 radical (unpaired) electrons. The summed E-state index contributed by atoms with van der Waals surface area (Å²) in [5.41, 5.74) is 0. The number of amides is 1. The lowest BCUT2D eigenvalue weighted by Crippen LogP contribution is -2.43. The van der Waals surface area contributed by atoms with Gasteiger partial charge in [-0.2, -0.15) is 0 Å².